The molecule has 0 aliphatic rings. The highest BCUT2D eigenvalue weighted by Gasteiger charge is 2.14. The number of aliphatic carboxylic acids is 1. The molecule has 4 aromatic rings. The van der Waals surface area contributed by atoms with Gasteiger partial charge in [0, 0.05) is 28.4 Å². The molecule has 1 aromatic heterocycles. The lowest BCUT2D eigenvalue weighted by molar-refractivity contribution is -0.385. The minimum atomic E-state index is -0.896. The summed E-state index contributed by atoms with van der Waals surface area (Å²) in [6.07, 6.45) is 2.40. The van der Waals surface area contributed by atoms with Crippen LogP contribution in [0.3, 0.4) is 0 Å². The second kappa shape index (κ2) is 10.0. The number of fused-ring (bicyclic) bond motifs is 3. The number of para-hydroxylation sites is 3. The minimum absolute atomic E-state index is 0.0310. The lowest BCUT2D eigenvalue weighted by Crippen LogP contribution is -2.08. The van der Waals surface area contributed by atoms with Crippen LogP contribution < -0.4 is 9.47 Å². The number of nitrogens with zero attached hydrogens (tertiary/aromatic N) is 2. The summed E-state index contributed by atoms with van der Waals surface area (Å²) >= 11 is 0. The first kappa shape index (κ1) is 22.1. The van der Waals surface area contributed by atoms with E-state index in [0.717, 1.165) is 41.1 Å². The van der Waals surface area contributed by atoms with Gasteiger partial charge in [0.2, 0.25) is 0 Å². The van der Waals surface area contributed by atoms with Crippen LogP contribution in [0.5, 0.6) is 11.5 Å². The Hall–Kier alpha value is -4.07. The van der Waals surface area contributed by atoms with E-state index in [9.17, 15) is 20.0 Å². The van der Waals surface area contributed by atoms with E-state index in [1.54, 1.807) is 22.8 Å². The topological polar surface area (TPSA) is 104 Å². The van der Waals surface area contributed by atoms with Crippen LogP contribution in [0.2, 0.25) is 0 Å². The Bertz CT molecular complexity index is 1300. The number of nitro groups is 1. The maximum atomic E-state index is 11.4. The third-order valence-corrected chi connectivity index (χ3v) is 5.42. The molecule has 1 N–H and O–H groups in total. The van der Waals surface area contributed by atoms with Crippen molar-refractivity contribution in [2.24, 2.45) is 0 Å². The van der Waals surface area contributed by atoms with Crippen LogP contribution in [-0.4, -0.2) is 33.8 Å². The van der Waals surface area contributed by atoms with Crippen molar-refractivity contribution in [3.8, 4) is 11.5 Å². The van der Waals surface area contributed by atoms with Crippen LogP contribution in [0.15, 0.2) is 66.7 Å². The molecule has 8 nitrogen and oxygen atoms in total. The molecule has 0 radical (unpaired) electrons. The summed E-state index contributed by atoms with van der Waals surface area (Å²) in [6, 6.07) is 19.8. The molecular formula is C25H24N2O6. The van der Waals surface area contributed by atoms with Gasteiger partial charge in [-0.15, -0.1) is 0 Å². The summed E-state index contributed by atoms with van der Waals surface area (Å²) in [7, 11) is 0. The van der Waals surface area contributed by atoms with Gasteiger partial charge in [-0.25, -0.2) is 0 Å². The van der Waals surface area contributed by atoms with Crippen LogP contribution in [0.25, 0.3) is 21.8 Å². The summed E-state index contributed by atoms with van der Waals surface area (Å²) < 4.78 is 13.2. The van der Waals surface area contributed by atoms with Crippen LogP contribution in [0.1, 0.15) is 19.3 Å². The number of rotatable bonds is 11. The van der Waals surface area contributed by atoms with E-state index in [-0.39, 0.29) is 18.0 Å². The number of unbranched alkanes of at least 4 members (excludes halogenated alkanes) is 2. The van der Waals surface area contributed by atoms with E-state index in [1.165, 1.54) is 6.07 Å². The number of carbonyl (C=O) groups is 1. The fourth-order valence-electron chi connectivity index (χ4n) is 3.91. The number of carboxylic acid groups (broad SMARTS) is 1. The molecule has 0 bridgehead atoms. The monoisotopic (exact) mass is 448 g/mol. The number of hydrogen-bond acceptors (Lipinski definition) is 5. The largest absolute Gasteiger partial charge is 0.494 e. The summed E-state index contributed by atoms with van der Waals surface area (Å²) in [4.78, 5) is 21.9. The Morgan fingerprint density at radius 1 is 0.879 bits per heavy atom. The van der Waals surface area contributed by atoms with Gasteiger partial charge in [0.15, 0.2) is 5.75 Å². The standard InChI is InChI=1S/C25H24N2O6/c28-25(29)17-26-21-9-3-2-8-19(21)20-13-12-18(16-23(20)26)32-14-6-1-7-15-33-24-11-5-4-10-22(24)27(30)31/h2-5,8-13,16H,1,6-7,14-15,17H2,(H,28,29). The Morgan fingerprint density at radius 2 is 1.58 bits per heavy atom. The van der Waals surface area contributed by atoms with Crippen molar-refractivity contribution in [2.45, 2.75) is 25.8 Å². The SMILES string of the molecule is O=C(O)Cn1c2ccccc2c2ccc(OCCCCCOc3ccccc3[N+](=O)[O-])cc21. The summed E-state index contributed by atoms with van der Waals surface area (Å²) in [5.41, 5.74) is 1.68. The average Bonchev–Trinajstić information content (AvgIpc) is 3.11. The van der Waals surface area contributed by atoms with Crippen molar-refractivity contribution in [2.75, 3.05) is 13.2 Å². The normalized spacial score (nSPS) is 11.0. The fourth-order valence-corrected chi connectivity index (χ4v) is 3.91. The molecule has 0 spiro atoms. The third kappa shape index (κ3) is 5.06. The zero-order chi connectivity index (χ0) is 23.2. The Kier molecular flexibility index (Phi) is 6.73. The number of benzene rings is 3. The zero-order valence-electron chi connectivity index (χ0n) is 18.0. The van der Waals surface area contributed by atoms with Crippen molar-refractivity contribution < 1.29 is 24.3 Å². The first-order valence-corrected chi connectivity index (χ1v) is 10.8. The average molecular weight is 448 g/mol. The highest BCUT2D eigenvalue weighted by atomic mass is 16.6. The molecular weight excluding hydrogens is 424 g/mol. The van der Waals surface area contributed by atoms with Gasteiger partial charge in [-0.2, -0.15) is 0 Å². The Labute approximate surface area is 190 Å². The van der Waals surface area contributed by atoms with E-state index < -0.39 is 10.9 Å². The molecule has 0 amide bonds. The molecule has 0 unspecified atom stereocenters. The van der Waals surface area contributed by atoms with Crippen molar-refractivity contribution in [1.29, 1.82) is 0 Å². The molecule has 170 valence electrons. The van der Waals surface area contributed by atoms with Gasteiger partial charge in [0.05, 0.1) is 23.7 Å². The van der Waals surface area contributed by atoms with Crippen molar-refractivity contribution in [3.05, 3.63) is 76.8 Å². The molecule has 1 heterocycles. The molecule has 3 aromatic carbocycles. The van der Waals surface area contributed by atoms with E-state index in [0.29, 0.717) is 19.0 Å². The Balaban J connectivity index is 1.31. The van der Waals surface area contributed by atoms with Crippen molar-refractivity contribution >= 4 is 33.5 Å². The molecule has 0 saturated heterocycles. The third-order valence-electron chi connectivity index (χ3n) is 5.42. The van der Waals surface area contributed by atoms with Gasteiger partial charge in [-0.1, -0.05) is 30.3 Å². The van der Waals surface area contributed by atoms with Crippen molar-refractivity contribution in [1.82, 2.24) is 4.57 Å². The maximum Gasteiger partial charge on any atom is 0.323 e. The highest BCUT2D eigenvalue weighted by molar-refractivity contribution is 6.08. The molecule has 4 rings (SSSR count). The van der Waals surface area contributed by atoms with E-state index in [4.69, 9.17) is 9.47 Å². The molecule has 0 aliphatic carbocycles. The maximum absolute atomic E-state index is 11.4. The van der Waals surface area contributed by atoms with Crippen LogP contribution in [0, 0.1) is 10.1 Å². The molecule has 0 aliphatic heterocycles. The summed E-state index contributed by atoms with van der Waals surface area (Å²) in [5, 5.41) is 22.4. The van der Waals surface area contributed by atoms with E-state index >= 15 is 0 Å². The van der Waals surface area contributed by atoms with Gasteiger partial charge in [-0.3, -0.25) is 14.9 Å². The predicted molar refractivity (Wildman–Crippen MR) is 125 cm³/mol. The first-order chi connectivity index (χ1) is 16.0. The van der Waals surface area contributed by atoms with Gasteiger partial charge in [-0.05, 0) is 43.5 Å². The number of aromatic nitrogens is 1. The molecule has 0 fully saturated rings. The fraction of sp³-hybridized carbons (Fsp3) is 0.240. The highest BCUT2D eigenvalue weighted by Crippen LogP contribution is 2.31. The van der Waals surface area contributed by atoms with Gasteiger partial charge < -0.3 is 19.1 Å². The lowest BCUT2D eigenvalue weighted by atomic mass is 10.1. The summed E-state index contributed by atoms with van der Waals surface area (Å²) in [5.74, 6) is 0.0731. The number of carboxylic acids is 1. The first-order valence-electron chi connectivity index (χ1n) is 10.8. The second-order valence-corrected chi connectivity index (χ2v) is 7.66. The molecule has 8 heteroatoms. The molecule has 0 saturated carbocycles. The summed E-state index contributed by atoms with van der Waals surface area (Å²) in [6.45, 7) is 0.787. The van der Waals surface area contributed by atoms with Crippen LogP contribution in [-0.2, 0) is 11.3 Å². The van der Waals surface area contributed by atoms with Crippen molar-refractivity contribution in [3.63, 3.8) is 0 Å². The van der Waals surface area contributed by atoms with E-state index in [1.807, 2.05) is 42.5 Å². The minimum Gasteiger partial charge on any atom is -0.494 e. The predicted octanol–water partition coefficient (Wildman–Crippen LogP) is 5.42. The molecule has 0 atom stereocenters. The number of hydrogen-bond donors (Lipinski definition) is 1. The van der Waals surface area contributed by atoms with E-state index in [2.05, 4.69) is 0 Å². The van der Waals surface area contributed by atoms with Crippen LogP contribution in [0.4, 0.5) is 5.69 Å². The van der Waals surface area contributed by atoms with Gasteiger partial charge >= 0.3 is 11.7 Å². The number of ether oxygens (including phenoxy) is 2. The van der Waals surface area contributed by atoms with Gasteiger partial charge in [0.25, 0.3) is 0 Å². The zero-order valence-corrected chi connectivity index (χ0v) is 18.0. The second-order valence-electron chi connectivity index (χ2n) is 7.66. The molecule has 33 heavy (non-hydrogen) atoms. The number of nitro benzene ring substituents is 1. The van der Waals surface area contributed by atoms with Gasteiger partial charge in [0.1, 0.15) is 12.3 Å². The van der Waals surface area contributed by atoms with Crippen LogP contribution >= 0.6 is 0 Å². The smallest absolute Gasteiger partial charge is 0.323 e. The Morgan fingerprint density at radius 3 is 2.36 bits per heavy atom. The quantitative estimate of drug-likeness (QED) is 0.187. The lowest BCUT2D eigenvalue weighted by Gasteiger charge is -2.09.